The van der Waals surface area contributed by atoms with Gasteiger partial charge in [-0.05, 0) is 37.2 Å². The van der Waals surface area contributed by atoms with E-state index in [4.69, 9.17) is 5.11 Å². The Morgan fingerprint density at radius 2 is 2.05 bits per heavy atom. The van der Waals surface area contributed by atoms with Crippen molar-refractivity contribution in [2.75, 3.05) is 19.6 Å². The number of nitrogens with zero attached hydrogens (tertiary/aromatic N) is 1. The highest BCUT2D eigenvalue weighted by molar-refractivity contribution is 9.10. The second kappa shape index (κ2) is 6.87. The zero-order valence-corrected chi connectivity index (χ0v) is 13.7. The van der Waals surface area contributed by atoms with Gasteiger partial charge in [0.25, 0.3) is 0 Å². The summed E-state index contributed by atoms with van der Waals surface area (Å²) < 4.78 is 28.0. The van der Waals surface area contributed by atoms with Crippen LogP contribution in [0.25, 0.3) is 0 Å². The summed E-state index contributed by atoms with van der Waals surface area (Å²) in [6, 6.07) is 6.28. The molecule has 2 rings (SSSR count). The van der Waals surface area contributed by atoms with Gasteiger partial charge in [-0.3, -0.25) is 4.79 Å². The monoisotopic (exact) mass is 376 g/mol. The van der Waals surface area contributed by atoms with Crippen LogP contribution in [-0.2, 0) is 14.8 Å². The average molecular weight is 377 g/mol. The van der Waals surface area contributed by atoms with Gasteiger partial charge in [0.2, 0.25) is 10.0 Å². The molecule has 0 amide bonds. The number of carbonyl (C=O) groups is 1. The van der Waals surface area contributed by atoms with E-state index in [9.17, 15) is 13.2 Å². The van der Waals surface area contributed by atoms with Crippen molar-refractivity contribution in [3.05, 3.63) is 28.7 Å². The quantitative estimate of drug-likeness (QED) is 0.780. The van der Waals surface area contributed by atoms with Crippen LogP contribution < -0.4 is 4.72 Å². The molecule has 1 aliphatic rings. The van der Waals surface area contributed by atoms with Gasteiger partial charge >= 0.3 is 5.97 Å². The summed E-state index contributed by atoms with van der Waals surface area (Å²) in [5.74, 6) is -0.839. The van der Waals surface area contributed by atoms with Gasteiger partial charge in [0.1, 0.15) is 0 Å². The number of likely N-dealkylation sites (tertiary alicyclic amines) is 1. The molecule has 0 spiro atoms. The van der Waals surface area contributed by atoms with Crippen LogP contribution in [0.15, 0.2) is 33.6 Å². The van der Waals surface area contributed by atoms with Crippen molar-refractivity contribution < 1.29 is 18.3 Å². The maximum atomic E-state index is 12.2. The number of carboxylic acids is 1. The molecule has 1 aromatic carbocycles. The highest BCUT2D eigenvalue weighted by atomic mass is 79.9. The van der Waals surface area contributed by atoms with E-state index in [1.165, 1.54) is 0 Å². The Bertz CT molecular complexity index is 603. The Morgan fingerprint density at radius 3 is 2.67 bits per heavy atom. The number of hydrogen-bond acceptors (Lipinski definition) is 4. The molecule has 1 heterocycles. The molecular weight excluding hydrogens is 360 g/mol. The minimum atomic E-state index is -3.53. The molecule has 1 unspecified atom stereocenters. The summed E-state index contributed by atoms with van der Waals surface area (Å²) >= 11 is 3.27. The summed E-state index contributed by atoms with van der Waals surface area (Å²) in [7, 11) is -3.53. The molecule has 0 bridgehead atoms. The van der Waals surface area contributed by atoms with E-state index in [0.29, 0.717) is 26.1 Å². The van der Waals surface area contributed by atoms with E-state index < -0.39 is 16.0 Å². The molecule has 1 aromatic rings. The Balaban J connectivity index is 1.93. The van der Waals surface area contributed by atoms with Crippen LogP contribution in [0, 0.1) is 0 Å². The fourth-order valence-corrected chi connectivity index (χ4v) is 3.81. The highest BCUT2D eigenvalue weighted by Gasteiger charge is 2.27. The first kappa shape index (κ1) is 16.4. The first-order valence-corrected chi connectivity index (χ1v) is 8.86. The number of carboxylic acid groups (broad SMARTS) is 1. The van der Waals surface area contributed by atoms with E-state index in [0.717, 1.165) is 4.47 Å². The molecule has 6 nitrogen and oxygen atoms in total. The van der Waals surface area contributed by atoms with Crippen molar-refractivity contribution in [3.8, 4) is 0 Å². The molecule has 0 radical (unpaired) electrons. The number of nitrogens with one attached hydrogen (secondary N) is 1. The largest absolute Gasteiger partial charge is 0.481 e. The lowest BCUT2D eigenvalue weighted by molar-refractivity contribution is -0.137. The van der Waals surface area contributed by atoms with Crippen LogP contribution in [0.4, 0.5) is 0 Å². The van der Waals surface area contributed by atoms with Crippen LogP contribution in [0.2, 0.25) is 0 Å². The van der Waals surface area contributed by atoms with E-state index in [1.807, 2.05) is 4.90 Å². The number of benzene rings is 1. The maximum absolute atomic E-state index is 12.2. The minimum absolute atomic E-state index is 0.0756. The van der Waals surface area contributed by atoms with Crippen molar-refractivity contribution in [2.45, 2.75) is 23.8 Å². The molecule has 1 atom stereocenters. The zero-order valence-electron chi connectivity index (χ0n) is 11.3. The predicted molar refractivity (Wildman–Crippen MR) is 81.6 cm³/mol. The Kier molecular flexibility index (Phi) is 5.37. The Hall–Kier alpha value is -0.960. The van der Waals surface area contributed by atoms with Crippen LogP contribution >= 0.6 is 15.9 Å². The summed E-state index contributed by atoms with van der Waals surface area (Å²) in [6.45, 7) is 1.70. The Labute approximate surface area is 132 Å². The van der Waals surface area contributed by atoms with Crippen molar-refractivity contribution in [2.24, 2.45) is 0 Å². The number of rotatable bonds is 6. The number of halogens is 1. The molecule has 1 aliphatic heterocycles. The molecule has 0 aliphatic carbocycles. The lowest BCUT2D eigenvalue weighted by atomic mass is 10.3. The summed E-state index contributed by atoms with van der Waals surface area (Å²) in [6.07, 6.45) is 0.765. The van der Waals surface area contributed by atoms with E-state index in [1.54, 1.807) is 24.3 Å². The summed E-state index contributed by atoms with van der Waals surface area (Å²) in [4.78, 5) is 12.7. The third-order valence-corrected chi connectivity index (χ3v) is 5.43. The third kappa shape index (κ3) is 4.77. The van der Waals surface area contributed by atoms with Gasteiger partial charge < -0.3 is 10.0 Å². The van der Waals surface area contributed by atoms with Crippen molar-refractivity contribution in [1.82, 2.24) is 9.62 Å². The normalized spacial score (nSPS) is 19.8. The van der Waals surface area contributed by atoms with Gasteiger partial charge in [0, 0.05) is 23.6 Å². The summed E-state index contributed by atoms with van der Waals surface area (Å²) in [5.41, 5.74) is 0. The van der Waals surface area contributed by atoms with E-state index in [-0.39, 0.29) is 17.4 Å². The molecule has 0 aromatic heterocycles. The van der Waals surface area contributed by atoms with Gasteiger partial charge in [-0.2, -0.15) is 0 Å². The second-order valence-electron chi connectivity index (χ2n) is 5.01. The molecule has 2 N–H and O–H groups in total. The predicted octanol–water partition coefficient (Wildman–Crippen LogP) is 1.28. The van der Waals surface area contributed by atoms with Crippen molar-refractivity contribution in [1.29, 1.82) is 0 Å². The molecule has 0 saturated carbocycles. The lowest BCUT2D eigenvalue weighted by Crippen LogP contribution is -2.37. The van der Waals surface area contributed by atoms with Crippen LogP contribution in [0.1, 0.15) is 12.8 Å². The number of sulfonamides is 1. The first-order valence-electron chi connectivity index (χ1n) is 6.59. The maximum Gasteiger partial charge on any atom is 0.304 e. The fraction of sp³-hybridized carbons (Fsp3) is 0.462. The van der Waals surface area contributed by atoms with Crippen LogP contribution in [0.5, 0.6) is 0 Å². The van der Waals surface area contributed by atoms with Crippen molar-refractivity contribution >= 4 is 31.9 Å². The lowest BCUT2D eigenvalue weighted by Gasteiger charge is -2.15. The van der Waals surface area contributed by atoms with Gasteiger partial charge in [-0.1, -0.05) is 15.9 Å². The molecule has 21 heavy (non-hydrogen) atoms. The highest BCUT2D eigenvalue weighted by Crippen LogP contribution is 2.17. The third-order valence-electron chi connectivity index (χ3n) is 3.36. The summed E-state index contributed by atoms with van der Waals surface area (Å²) in [5, 5.41) is 8.66. The van der Waals surface area contributed by atoms with Crippen molar-refractivity contribution in [3.63, 3.8) is 0 Å². The average Bonchev–Trinajstić information content (AvgIpc) is 2.84. The van der Waals surface area contributed by atoms with Gasteiger partial charge in [-0.25, -0.2) is 13.1 Å². The van der Waals surface area contributed by atoms with Crippen LogP contribution in [0.3, 0.4) is 0 Å². The Morgan fingerprint density at radius 1 is 1.38 bits per heavy atom. The zero-order chi connectivity index (χ0) is 15.5. The smallest absolute Gasteiger partial charge is 0.304 e. The molecule has 116 valence electrons. The number of aliphatic carboxylic acids is 1. The molecule has 8 heteroatoms. The van der Waals surface area contributed by atoms with Gasteiger partial charge in [0.15, 0.2) is 0 Å². The standard InChI is InChI=1S/C13H17BrN2O4S/c14-10-1-3-12(4-2-10)21(19,20)15-11-5-7-16(9-11)8-6-13(17)18/h1-4,11,15H,5-9H2,(H,17,18). The number of hydrogen-bond donors (Lipinski definition) is 2. The molecule has 1 fully saturated rings. The van der Waals surface area contributed by atoms with Gasteiger partial charge in [0.05, 0.1) is 11.3 Å². The molecular formula is C13H17BrN2O4S. The second-order valence-corrected chi connectivity index (χ2v) is 7.63. The van der Waals surface area contributed by atoms with E-state index >= 15 is 0 Å². The fourth-order valence-electron chi connectivity index (χ4n) is 2.29. The van der Waals surface area contributed by atoms with Gasteiger partial charge in [-0.15, -0.1) is 0 Å². The minimum Gasteiger partial charge on any atom is -0.481 e. The topological polar surface area (TPSA) is 86.7 Å². The SMILES string of the molecule is O=C(O)CCN1CCC(NS(=O)(=O)c2ccc(Br)cc2)C1. The van der Waals surface area contributed by atoms with E-state index in [2.05, 4.69) is 20.7 Å². The van der Waals surface area contributed by atoms with Crippen LogP contribution in [-0.4, -0.2) is 50.1 Å². The molecule has 1 saturated heterocycles. The first-order chi connectivity index (χ1) is 9.87.